The lowest BCUT2D eigenvalue weighted by Gasteiger charge is -2.57. The molecule has 92 heavy (non-hydrogen) atoms. The van der Waals surface area contributed by atoms with Crippen molar-refractivity contribution in [2.75, 3.05) is 54.2 Å². The summed E-state index contributed by atoms with van der Waals surface area (Å²) in [5.74, 6) is 7.48. The second-order valence-electron chi connectivity index (χ2n) is 23.0. The monoisotopic (exact) mass is 1670 g/mol. The van der Waals surface area contributed by atoms with Crippen molar-refractivity contribution in [3.63, 3.8) is 0 Å². The Hall–Kier alpha value is -1.48. The highest BCUT2D eigenvalue weighted by atomic mass is 79.9. The van der Waals surface area contributed by atoms with Crippen molar-refractivity contribution in [3.05, 3.63) is 140 Å². The molecule has 8 fully saturated rings. The third-order valence-corrected chi connectivity index (χ3v) is 33.8. The fraction of sp³-hybridized carbons (Fsp3) is 0.469. The predicted octanol–water partition coefficient (Wildman–Crippen LogP) is 14.9. The number of fused-ring (bicyclic) bond motifs is 2. The lowest BCUT2D eigenvalue weighted by molar-refractivity contribution is -0.193. The first-order valence-electron chi connectivity index (χ1n) is 29.0. The molecule has 28 heteroatoms. The zero-order chi connectivity index (χ0) is 66.7. The largest absolute Gasteiger partial charge is 0.467 e. The van der Waals surface area contributed by atoms with Crippen molar-refractivity contribution < 1.29 is 47.6 Å². The molecule has 6 aromatic carbocycles. The number of benzene rings is 6. The first-order valence-corrected chi connectivity index (χ1v) is 48.0. The normalized spacial score (nSPS) is 21.5. The molecule has 0 saturated heterocycles. The van der Waals surface area contributed by atoms with Crippen LogP contribution in [-0.2, 0) is 205 Å². The maximum Gasteiger partial charge on any atom is 0.373 e. The van der Waals surface area contributed by atoms with Crippen LogP contribution in [0, 0.1) is 49.4 Å². The smallest absolute Gasteiger partial charge is 0.373 e. The van der Waals surface area contributed by atoms with Crippen LogP contribution in [0.4, 0.5) is 0 Å². The highest BCUT2D eigenvalue weighted by Crippen LogP contribution is 2.62. The Balaban J connectivity index is 0.000000228. The average molecular weight is 1670 g/mol. The van der Waals surface area contributed by atoms with Gasteiger partial charge in [-0.05, 0) is 234 Å². The Morgan fingerprint density at radius 1 is 0.446 bits per heavy atom. The summed E-state index contributed by atoms with van der Waals surface area (Å²) in [7, 11) is 17.3. The average Bonchev–Trinajstić information content (AvgIpc) is 0.743. The summed E-state index contributed by atoms with van der Waals surface area (Å²) in [6, 6.07) is 40.0. The number of methoxy groups -OCH3 is 2. The van der Waals surface area contributed by atoms with E-state index in [-0.39, 0.29) is 25.9 Å². The van der Waals surface area contributed by atoms with Gasteiger partial charge in [0.25, 0.3) is 0 Å². The van der Waals surface area contributed by atoms with Gasteiger partial charge in [-0.25, -0.2) is 0 Å². The fourth-order valence-corrected chi connectivity index (χ4v) is 29.2. The predicted molar refractivity (Wildman–Crippen MR) is 419 cm³/mol. The van der Waals surface area contributed by atoms with Gasteiger partial charge < -0.3 is 28.4 Å². The highest BCUT2D eigenvalue weighted by Gasteiger charge is 2.53. The molecule has 0 atom stereocenters. The molecule has 8 bridgehead atoms. The minimum atomic E-state index is 0.236. The molecule has 0 radical (unpaired) electrons. The van der Waals surface area contributed by atoms with Gasteiger partial charge in [0.05, 0.1) is 30.9 Å². The van der Waals surface area contributed by atoms with Crippen molar-refractivity contribution in [3.8, 4) is 22.6 Å². The number of hydrogen-bond donors (Lipinski definition) is 0. The standard InChI is InChI=1S/C31H36O3.C20H27BrO3.C11H9Br.2CO2.S7.S6.S3/c1-21-3-4-26-15-27(6-5-25(26)11-21)29-16-28(7-8-30(29)34-20-33-10-9-32-2)31-17-22-12-23(18-31)14-24(13-22)19-31;1-22-4-5-23-13-24-19-3-2-17(9-18(19)21)20-10-14-6-15(11-20)8-16(7-14)12-20;1-8-2-3-10-7-11(12)5-4-9(10)6-8;2*2-1-3;1-3-5-7-6-4-2;1-3-5-6-4-2;1-3-2/h3-8,11,15-16,22-24H,9-10,12-14,17-20H2,1-2H3;2-3,9,14-16H,4-8,10-13H2,1H3;2-7H,1H3;;;;;. The zero-order valence-corrected chi connectivity index (χ0v) is 67.2. The van der Waals surface area contributed by atoms with Gasteiger partial charge in [-0.3, -0.25) is 0 Å². The van der Waals surface area contributed by atoms with Gasteiger partial charge in [-0.2, -0.15) is 19.2 Å². The third kappa shape index (κ3) is 26.6. The number of hydrogen-bond acceptors (Lipinski definition) is 16. The van der Waals surface area contributed by atoms with Crippen molar-refractivity contribution in [1.29, 1.82) is 0 Å². The molecule has 0 amide bonds. The number of rotatable bonds is 15. The minimum Gasteiger partial charge on any atom is -0.467 e. The molecule has 498 valence electrons. The molecule has 8 aliphatic carbocycles. The molecule has 8 aliphatic rings. The molecule has 14 rings (SSSR count). The summed E-state index contributed by atoms with van der Waals surface area (Å²) < 4.78 is 35.2. The quantitative estimate of drug-likeness (QED) is 0.0715. The van der Waals surface area contributed by atoms with Crippen LogP contribution in [0.15, 0.2) is 118 Å². The van der Waals surface area contributed by atoms with Gasteiger partial charge in [0.15, 0.2) is 13.6 Å². The topological polar surface area (TPSA) is 124 Å². The van der Waals surface area contributed by atoms with Crippen LogP contribution < -0.4 is 9.47 Å². The molecular weight excluding hydrogens is 1600 g/mol. The van der Waals surface area contributed by atoms with E-state index in [0.717, 1.165) is 64.8 Å². The zero-order valence-electron chi connectivity index (χ0n) is 51.0. The van der Waals surface area contributed by atoms with Crippen LogP contribution in [0.3, 0.4) is 0 Å². The molecule has 8 saturated carbocycles. The maximum absolute atomic E-state index is 8.12. The van der Waals surface area contributed by atoms with Crippen LogP contribution in [-0.4, -0.2) is 66.5 Å². The lowest BCUT2D eigenvalue weighted by atomic mass is 9.48. The van der Waals surface area contributed by atoms with E-state index in [9.17, 15) is 0 Å². The Bertz CT molecular complexity index is 3740. The summed E-state index contributed by atoms with van der Waals surface area (Å²) >= 11 is 33.6. The van der Waals surface area contributed by atoms with Crippen LogP contribution in [0.1, 0.15) is 99.3 Å². The van der Waals surface area contributed by atoms with Crippen molar-refractivity contribution in [2.45, 2.75) is 102 Å². The molecule has 10 nitrogen and oxygen atoms in total. The second-order valence-corrected chi connectivity index (χ2v) is 42.4. The van der Waals surface area contributed by atoms with Gasteiger partial charge in [0, 0.05) is 180 Å². The second kappa shape index (κ2) is 45.2. The number of halogens is 2. The van der Waals surface area contributed by atoms with E-state index >= 15 is 0 Å². The van der Waals surface area contributed by atoms with Gasteiger partial charge in [-0.1, -0.05) is 93.8 Å². The van der Waals surface area contributed by atoms with Crippen molar-refractivity contribution >= 4 is 222 Å². The Labute approximate surface area is 616 Å². The van der Waals surface area contributed by atoms with Crippen LogP contribution in [0.25, 0.3) is 32.7 Å². The van der Waals surface area contributed by atoms with Gasteiger partial charge in [0.2, 0.25) is 0 Å². The lowest BCUT2D eigenvalue weighted by Crippen LogP contribution is -2.48. The summed E-state index contributed by atoms with van der Waals surface area (Å²) in [5, 5.41) is 5.14. The highest BCUT2D eigenvalue weighted by molar-refractivity contribution is 9.10. The van der Waals surface area contributed by atoms with Crippen LogP contribution in [0.2, 0.25) is 0 Å². The maximum atomic E-state index is 8.12. The van der Waals surface area contributed by atoms with Gasteiger partial charge in [0.1, 0.15) is 11.5 Å². The summed E-state index contributed by atoms with van der Waals surface area (Å²) in [6.07, 6.45) is 17.7. The van der Waals surface area contributed by atoms with Gasteiger partial charge in [-0.15, -0.1) is 0 Å². The number of aryl methyl sites for hydroxylation is 2. The number of carbonyl (C=O) groups excluding carboxylic acids is 4. The molecule has 0 spiro atoms. The van der Waals surface area contributed by atoms with Gasteiger partial charge >= 0.3 is 12.3 Å². The molecular formula is C64H72Br2O10S16. The fourth-order valence-electron chi connectivity index (χ4n) is 14.6. The number of ether oxygens (including phenoxy) is 6. The van der Waals surface area contributed by atoms with Crippen molar-refractivity contribution in [2.24, 2.45) is 35.5 Å². The van der Waals surface area contributed by atoms with Crippen LogP contribution >= 0.6 is 31.9 Å². The molecule has 0 aliphatic heterocycles. The summed E-state index contributed by atoms with van der Waals surface area (Å²) in [5.41, 5.74) is 8.85. The van der Waals surface area contributed by atoms with E-state index in [2.05, 4.69) is 222 Å². The van der Waals surface area contributed by atoms with E-state index < -0.39 is 0 Å². The minimum absolute atomic E-state index is 0.236. The molecule has 0 unspecified atom stereocenters. The molecule has 0 N–H and O–H groups in total. The van der Waals surface area contributed by atoms with E-state index in [4.69, 9.17) is 47.6 Å². The first-order chi connectivity index (χ1) is 44.6. The molecule has 0 aromatic heterocycles. The van der Waals surface area contributed by atoms with E-state index in [1.807, 2.05) is 0 Å². The first kappa shape index (κ1) is 81.2. The van der Waals surface area contributed by atoms with Crippen molar-refractivity contribution in [1.82, 2.24) is 0 Å². The Morgan fingerprint density at radius 2 is 0.804 bits per heavy atom. The molecule has 0 heterocycles. The van der Waals surface area contributed by atoms with E-state index in [1.54, 1.807) is 40.9 Å². The van der Waals surface area contributed by atoms with E-state index in [1.165, 1.54) is 185 Å². The van der Waals surface area contributed by atoms with E-state index in [0.29, 0.717) is 37.3 Å². The molecule has 6 aromatic rings. The third-order valence-electron chi connectivity index (χ3n) is 17.1. The summed E-state index contributed by atoms with van der Waals surface area (Å²) in [6.45, 7) is 7.02. The van der Waals surface area contributed by atoms with Crippen LogP contribution in [0.5, 0.6) is 11.5 Å². The Morgan fingerprint density at radius 3 is 1.22 bits per heavy atom. The Kier molecular flexibility index (Phi) is 39.9. The summed E-state index contributed by atoms with van der Waals surface area (Å²) in [4.78, 5) is 32.5. The SMILES string of the molecule is COCCOCOc1ccc(C23CC4CC(CC(C4)C2)C3)cc1-c1ccc2cc(C)ccc2c1.COCCOCOc1ccc(C23CC4CC(CC(C4)C2)C3)cc1Br.Cc1ccc2cc(Br)ccc2c1.O=C=O.O=C=O.S=S=S.S=S=S=S=S=S.S=S=S=S=S=S=S.